The number of carbonyl (C=O) groups excluding carboxylic acids is 1. The largest absolute Gasteiger partial charge is 0.493 e. The summed E-state index contributed by atoms with van der Waals surface area (Å²) in [5.74, 6) is -1.18. The standard InChI is InChI=1S/C14H19NO3/c1-17-12-5-3-4-11(14(12)18-2)13(16)10-6-8-15-9-7-10/h3-5,10,15H,6-9H2,1-2H3/i1D3,2D3. The number of para-hydroxylation sites is 1. The molecule has 18 heavy (non-hydrogen) atoms. The highest BCUT2D eigenvalue weighted by Crippen LogP contribution is 2.33. The Morgan fingerprint density at radius 1 is 1.33 bits per heavy atom. The zero-order chi connectivity index (χ0) is 18.0. The Bertz CT molecular complexity index is 593. The third-order valence-electron chi connectivity index (χ3n) is 3.17. The highest BCUT2D eigenvalue weighted by atomic mass is 16.5. The second-order valence-corrected chi connectivity index (χ2v) is 4.23. The van der Waals surface area contributed by atoms with Gasteiger partial charge in [0.05, 0.1) is 27.9 Å². The van der Waals surface area contributed by atoms with Gasteiger partial charge in [0.15, 0.2) is 17.3 Å². The summed E-state index contributed by atoms with van der Waals surface area (Å²) < 4.78 is 53.1. The summed E-state index contributed by atoms with van der Waals surface area (Å²) in [5.41, 5.74) is 0.0276. The highest BCUT2D eigenvalue weighted by molar-refractivity contribution is 6.01. The Morgan fingerprint density at radius 2 is 2.11 bits per heavy atom. The van der Waals surface area contributed by atoms with E-state index in [1.54, 1.807) is 0 Å². The van der Waals surface area contributed by atoms with E-state index in [-0.39, 0.29) is 28.8 Å². The van der Waals surface area contributed by atoms with Crippen molar-refractivity contribution < 1.29 is 22.5 Å². The summed E-state index contributed by atoms with van der Waals surface area (Å²) >= 11 is 0. The molecule has 0 amide bonds. The number of benzene rings is 1. The summed E-state index contributed by atoms with van der Waals surface area (Å²) in [6.45, 7) is 1.38. The second kappa shape index (κ2) is 5.87. The molecule has 0 saturated carbocycles. The number of Topliss-reactive ketones (excluding diaryl/α,β-unsaturated/α-hetero) is 1. The van der Waals surface area contributed by atoms with Crippen LogP contribution in [0.2, 0.25) is 0 Å². The van der Waals surface area contributed by atoms with E-state index in [9.17, 15) is 4.79 Å². The van der Waals surface area contributed by atoms with E-state index in [2.05, 4.69) is 5.32 Å². The van der Waals surface area contributed by atoms with Crippen LogP contribution in [-0.4, -0.2) is 32.9 Å². The Kier molecular flexibility index (Phi) is 2.33. The van der Waals surface area contributed by atoms with Crippen molar-refractivity contribution in [1.29, 1.82) is 0 Å². The number of carbonyl (C=O) groups is 1. The molecule has 4 heteroatoms. The average Bonchev–Trinajstić information content (AvgIpc) is 2.46. The molecule has 0 radical (unpaired) electrons. The molecule has 1 heterocycles. The van der Waals surface area contributed by atoms with Gasteiger partial charge in [-0.3, -0.25) is 4.79 Å². The number of piperidine rings is 1. The van der Waals surface area contributed by atoms with E-state index in [0.717, 1.165) is 0 Å². The minimum atomic E-state index is -2.84. The van der Waals surface area contributed by atoms with Crippen LogP contribution in [0.1, 0.15) is 31.4 Å². The van der Waals surface area contributed by atoms with Crippen LogP contribution in [0.5, 0.6) is 11.5 Å². The lowest BCUT2D eigenvalue weighted by Gasteiger charge is -2.22. The van der Waals surface area contributed by atoms with Crippen LogP contribution in [0, 0.1) is 5.92 Å². The molecule has 98 valence electrons. The van der Waals surface area contributed by atoms with E-state index in [4.69, 9.17) is 17.7 Å². The maximum Gasteiger partial charge on any atom is 0.171 e. The predicted molar refractivity (Wildman–Crippen MR) is 69.5 cm³/mol. The van der Waals surface area contributed by atoms with Gasteiger partial charge in [-0.25, -0.2) is 0 Å². The summed E-state index contributed by atoms with van der Waals surface area (Å²) in [5, 5.41) is 3.14. The van der Waals surface area contributed by atoms with Gasteiger partial charge in [-0.2, -0.15) is 0 Å². The summed E-state index contributed by atoms with van der Waals surface area (Å²) in [4.78, 5) is 12.7. The molecular formula is C14H19NO3. The van der Waals surface area contributed by atoms with Crippen LogP contribution in [0.25, 0.3) is 0 Å². The number of ether oxygens (including phenoxy) is 2. The third-order valence-corrected chi connectivity index (χ3v) is 3.17. The SMILES string of the molecule is [2H]C([2H])([2H])Oc1cccc(C(=O)C2CCNCC2)c1OC([2H])([2H])[2H]. The quantitative estimate of drug-likeness (QED) is 0.835. The van der Waals surface area contributed by atoms with Crippen molar-refractivity contribution in [3.63, 3.8) is 0 Å². The zero-order valence-electron chi connectivity index (χ0n) is 15.9. The van der Waals surface area contributed by atoms with Crippen molar-refractivity contribution in [2.75, 3.05) is 27.2 Å². The Balaban J connectivity index is 2.41. The van der Waals surface area contributed by atoms with Gasteiger partial charge >= 0.3 is 0 Å². The predicted octanol–water partition coefficient (Wildman–Crippen LogP) is 1.89. The highest BCUT2D eigenvalue weighted by Gasteiger charge is 2.25. The van der Waals surface area contributed by atoms with Gasteiger partial charge in [-0.05, 0) is 38.1 Å². The van der Waals surface area contributed by atoms with E-state index in [0.29, 0.717) is 25.9 Å². The van der Waals surface area contributed by atoms with E-state index >= 15 is 0 Å². The number of hydrogen-bond donors (Lipinski definition) is 1. The third kappa shape index (κ3) is 2.48. The first-order valence-electron chi connectivity index (χ1n) is 8.83. The Morgan fingerprint density at radius 3 is 2.83 bits per heavy atom. The maximum absolute atomic E-state index is 12.7. The molecule has 1 aromatic carbocycles. The molecule has 0 unspecified atom stereocenters. The molecule has 1 aromatic rings. The number of ketones is 1. The molecule has 1 fully saturated rings. The number of methoxy groups -OCH3 is 2. The maximum atomic E-state index is 12.7. The van der Waals surface area contributed by atoms with Gasteiger partial charge in [0, 0.05) is 5.92 Å². The van der Waals surface area contributed by atoms with Crippen LogP contribution >= 0.6 is 0 Å². The monoisotopic (exact) mass is 255 g/mol. The lowest BCUT2D eigenvalue weighted by molar-refractivity contribution is 0.0891. The number of hydrogen-bond acceptors (Lipinski definition) is 4. The topological polar surface area (TPSA) is 47.6 Å². The van der Waals surface area contributed by atoms with Crippen molar-refractivity contribution >= 4 is 5.78 Å². The van der Waals surface area contributed by atoms with Gasteiger partial charge in [0.25, 0.3) is 0 Å². The molecule has 1 N–H and O–H groups in total. The van der Waals surface area contributed by atoms with Crippen molar-refractivity contribution in [3.8, 4) is 11.5 Å². The van der Waals surface area contributed by atoms with Gasteiger partial charge in [-0.15, -0.1) is 0 Å². The van der Waals surface area contributed by atoms with Crippen LogP contribution in [0.4, 0.5) is 0 Å². The minimum absolute atomic E-state index is 0.0276. The molecule has 0 bridgehead atoms. The first kappa shape index (κ1) is 7.14. The summed E-state index contributed by atoms with van der Waals surface area (Å²) in [6.07, 6.45) is 1.24. The second-order valence-electron chi connectivity index (χ2n) is 4.23. The normalized spacial score (nSPS) is 22.7. The van der Waals surface area contributed by atoms with Crippen LogP contribution in [0.15, 0.2) is 18.2 Å². The van der Waals surface area contributed by atoms with E-state index in [1.807, 2.05) is 0 Å². The first-order chi connectivity index (χ1) is 11.1. The van der Waals surface area contributed by atoms with Gasteiger partial charge in [0.2, 0.25) is 0 Å². The molecule has 0 aromatic heterocycles. The molecule has 2 rings (SSSR count). The first-order valence-corrected chi connectivity index (χ1v) is 5.83. The zero-order valence-corrected chi connectivity index (χ0v) is 9.86. The van der Waals surface area contributed by atoms with Crippen molar-refractivity contribution in [2.24, 2.45) is 5.92 Å². The van der Waals surface area contributed by atoms with E-state index in [1.165, 1.54) is 18.2 Å². The smallest absolute Gasteiger partial charge is 0.171 e. The number of nitrogens with one attached hydrogen (secondary N) is 1. The van der Waals surface area contributed by atoms with Gasteiger partial charge < -0.3 is 14.8 Å². The molecule has 4 nitrogen and oxygen atoms in total. The van der Waals surface area contributed by atoms with Crippen molar-refractivity contribution in [1.82, 2.24) is 5.32 Å². The summed E-state index contributed by atoms with van der Waals surface area (Å²) in [6, 6.07) is 4.15. The fourth-order valence-corrected chi connectivity index (χ4v) is 2.20. The molecular weight excluding hydrogens is 230 g/mol. The van der Waals surface area contributed by atoms with Crippen LogP contribution in [0.3, 0.4) is 0 Å². The minimum Gasteiger partial charge on any atom is -0.493 e. The number of rotatable bonds is 4. The lowest BCUT2D eigenvalue weighted by Crippen LogP contribution is -2.32. The summed E-state index contributed by atoms with van der Waals surface area (Å²) in [7, 11) is -5.62. The molecule has 1 saturated heterocycles. The lowest BCUT2D eigenvalue weighted by atomic mass is 9.89. The molecule has 1 aliphatic heterocycles. The Hall–Kier alpha value is -1.55. The molecule has 1 aliphatic rings. The van der Waals surface area contributed by atoms with Crippen molar-refractivity contribution in [3.05, 3.63) is 23.8 Å². The fraction of sp³-hybridized carbons (Fsp3) is 0.500. The molecule has 0 spiro atoms. The van der Waals surface area contributed by atoms with Crippen LogP contribution < -0.4 is 14.8 Å². The average molecular weight is 255 g/mol. The van der Waals surface area contributed by atoms with Crippen molar-refractivity contribution in [2.45, 2.75) is 12.8 Å². The Labute approximate surface area is 116 Å². The van der Waals surface area contributed by atoms with Gasteiger partial charge in [-0.1, -0.05) is 6.07 Å². The van der Waals surface area contributed by atoms with Gasteiger partial charge in [0.1, 0.15) is 0 Å². The molecule has 0 aliphatic carbocycles. The molecule has 0 atom stereocenters. The van der Waals surface area contributed by atoms with E-state index < -0.39 is 14.1 Å². The fourth-order valence-electron chi connectivity index (χ4n) is 2.20. The van der Waals surface area contributed by atoms with Crippen LogP contribution in [-0.2, 0) is 0 Å².